The SMILES string of the molecule is COC(=O)c1ccc2nc(N)n(CC(C)(C)O)c2c1. The number of fused-ring (bicyclic) bond motifs is 1. The number of imidazole rings is 1. The maximum atomic E-state index is 11.5. The number of anilines is 1. The van der Waals surface area contributed by atoms with Gasteiger partial charge >= 0.3 is 5.97 Å². The molecule has 0 aliphatic heterocycles. The van der Waals surface area contributed by atoms with E-state index in [1.165, 1.54) is 7.11 Å². The van der Waals surface area contributed by atoms with Gasteiger partial charge in [0.15, 0.2) is 0 Å². The summed E-state index contributed by atoms with van der Waals surface area (Å²) in [5, 5.41) is 9.90. The Bertz CT molecular complexity index is 626. The number of nitrogens with zero attached hydrogens (tertiary/aromatic N) is 2. The first-order valence-corrected chi connectivity index (χ1v) is 5.88. The maximum absolute atomic E-state index is 11.5. The first-order chi connectivity index (χ1) is 8.81. The minimum absolute atomic E-state index is 0.292. The van der Waals surface area contributed by atoms with Crippen LogP contribution < -0.4 is 5.73 Å². The fourth-order valence-electron chi connectivity index (χ4n) is 1.94. The van der Waals surface area contributed by atoms with E-state index in [0.29, 0.717) is 29.1 Å². The summed E-state index contributed by atoms with van der Waals surface area (Å²) in [4.78, 5) is 15.7. The van der Waals surface area contributed by atoms with Crippen molar-refractivity contribution in [1.29, 1.82) is 0 Å². The molecule has 1 aromatic heterocycles. The van der Waals surface area contributed by atoms with Gasteiger partial charge in [0.05, 0.1) is 35.9 Å². The predicted molar refractivity (Wildman–Crippen MR) is 71.8 cm³/mol. The standard InChI is InChI=1S/C13H17N3O3/c1-13(2,18)7-16-10-6-8(11(17)19-3)4-5-9(10)15-12(16)14/h4-6,18H,7H2,1-3H3,(H2,14,15). The second kappa shape index (κ2) is 4.55. The van der Waals surface area contributed by atoms with Gasteiger partial charge in [0.25, 0.3) is 0 Å². The van der Waals surface area contributed by atoms with Crippen LogP contribution in [0.1, 0.15) is 24.2 Å². The molecule has 19 heavy (non-hydrogen) atoms. The topological polar surface area (TPSA) is 90.4 Å². The van der Waals surface area contributed by atoms with E-state index in [1.54, 1.807) is 36.6 Å². The summed E-state index contributed by atoms with van der Waals surface area (Å²) in [5.41, 5.74) is 6.71. The molecule has 0 unspecified atom stereocenters. The first kappa shape index (κ1) is 13.4. The molecule has 0 amide bonds. The van der Waals surface area contributed by atoms with Crippen molar-refractivity contribution in [2.24, 2.45) is 0 Å². The minimum Gasteiger partial charge on any atom is -0.465 e. The number of carbonyl (C=O) groups is 1. The molecule has 6 heteroatoms. The Labute approximate surface area is 110 Å². The highest BCUT2D eigenvalue weighted by atomic mass is 16.5. The molecule has 3 N–H and O–H groups in total. The molecule has 0 bridgehead atoms. The van der Waals surface area contributed by atoms with Crippen LogP contribution in [0.15, 0.2) is 18.2 Å². The average molecular weight is 263 g/mol. The molecule has 102 valence electrons. The molecule has 0 aliphatic rings. The molecule has 0 fully saturated rings. The monoisotopic (exact) mass is 263 g/mol. The number of ether oxygens (including phenoxy) is 1. The van der Waals surface area contributed by atoms with Crippen molar-refractivity contribution >= 4 is 23.0 Å². The highest BCUT2D eigenvalue weighted by Gasteiger charge is 2.19. The molecular weight excluding hydrogens is 246 g/mol. The molecule has 0 spiro atoms. The Balaban J connectivity index is 2.56. The number of hydrogen-bond acceptors (Lipinski definition) is 5. The Kier molecular flexibility index (Phi) is 3.20. The number of aliphatic hydroxyl groups is 1. The molecule has 2 aromatic rings. The number of benzene rings is 1. The van der Waals surface area contributed by atoms with Gasteiger partial charge in [0, 0.05) is 0 Å². The van der Waals surface area contributed by atoms with E-state index in [9.17, 15) is 9.90 Å². The van der Waals surface area contributed by atoms with Gasteiger partial charge in [0.1, 0.15) is 0 Å². The number of methoxy groups -OCH3 is 1. The summed E-state index contributed by atoms with van der Waals surface area (Å²) in [5.74, 6) is -0.115. The molecule has 0 atom stereocenters. The van der Waals surface area contributed by atoms with Crippen molar-refractivity contribution in [2.45, 2.75) is 26.0 Å². The Morgan fingerprint density at radius 2 is 2.21 bits per heavy atom. The van der Waals surface area contributed by atoms with Crippen LogP contribution in [-0.2, 0) is 11.3 Å². The lowest BCUT2D eigenvalue weighted by atomic mass is 10.1. The summed E-state index contributed by atoms with van der Waals surface area (Å²) >= 11 is 0. The number of esters is 1. The van der Waals surface area contributed by atoms with Gasteiger partial charge in [-0.3, -0.25) is 0 Å². The minimum atomic E-state index is -0.928. The van der Waals surface area contributed by atoms with E-state index < -0.39 is 11.6 Å². The number of nitrogens with two attached hydrogens (primary N) is 1. The summed E-state index contributed by atoms with van der Waals surface area (Å²) in [6.07, 6.45) is 0. The molecule has 0 saturated carbocycles. The van der Waals surface area contributed by atoms with E-state index in [-0.39, 0.29) is 0 Å². The molecular formula is C13H17N3O3. The van der Waals surface area contributed by atoms with Crippen LogP contribution in [0.3, 0.4) is 0 Å². The molecule has 0 saturated heterocycles. The third kappa shape index (κ3) is 2.68. The lowest BCUT2D eigenvalue weighted by molar-refractivity contribution is 0.0600. The quantitative estimate of drug-likeness (QED) is 0.811. The van der Waals surface area contributed by atoms with Gasteiger partial charge in [-0.05, 0) is 32.0 Å². The number of aromatic nitrogens is 2. The largest absolute Gasteiger partial charge is 0.465 e. The zero-order valence-electron chi connectivity index (χ0n) is 11.2. The van der Waals surface area contributed by atoms with E-state index in [1.807, 2.05) is 0 Å². The van der Waals surface area contributed by atoms with Crippen molar-refractivity contribution < 1.29 is 14.6 Å². The third-order valence-corrected chi connectivity index (χ3v) is 2.74. The van der Waals surface area contributed by atoms with Crippen LogP contribution in [0.2, 0.25) is 0 Å². The fraction of sp³-hybridized carbons (Fsp3) is 0.385. The molecule has 1 heterocycles. The smallest absolute Gasteiger partial charge is 0.337 e. The number of rotatable bonds is 3. The zero-order chi connectivity index (χ0) is 14.2. The molecule has 6 nitrogen and oxygen atoms in total. The molecule has 0 radical (unpaired) electrons. The van der Waals surface area contributed by atoms with Crippen LogP contribution in [0.25, 0.3) is 11.0 Å². The Morgan fingerprint density at radius 3 is 2.79 bits per heavy atom. The molecule has 2 rings (SSSR count). The summed E-state index contributed by atoms with van der Waals surface area (Å²) in [6, 6.07) is 5.00. The number of hydrogen-bond donors (Lipinski definition) is 2. The second-order valence-electron chi connectivity index (χ2n) is 5.06. The van der Waals surface area contributed by atoms with Gasteiger partial charge in [-0.1, -0.05) is 0 Å². The van der Waals surface area contributed by atoms with Crippen molar-refractivity contribution in [1.82, 2.24) is 9.55 Å². The molecule has 1 aromatic carbocycles. The highest BCUT2D eigenvalue weighted by Crippen LogP contribution is 2.22. The third-order valence-electron chi connectivity index (χ3n) is 2.74. The first-order valence-electron chi connectivity index (χ1n) is 5.88. The summed E-state index contributed by atoms with van der Waals surface area (Å²) in [6.45, 7) is 3.66. The van der Waals surface area contributed by atoms with E-state index in [0.717, 1.165) is 0 Å². The van der Waals surface area contributed by atoms with Crippen LogP contribution in [0.4, 0.5) is 5.95 Å². The van der Waals surface area contributed by atoms with Gasteiger partial charge in [-0.2, -0.15) is 0 Å². The lowest BCUT2D eigenvalue weighted by Gasteiger charge is -2.19. The zero-order valence-corrected chi connectivity index (χ0v) is 11.2. The van der Waals surface area contributed by atoms with Gasteiger partial charge in [-0.15, -0.1) is 0 Å². The van der Waals surface area contributed by atoms with Crippen LogP contribution in [-0.4, -0.2) is 33.3 Å². The maximum Gasteiger partial charge on any atom is 0.337 e. The average Bonchev–Trinajstić information content (AvgIpc) is 2.62. The fourth-order valence-corrected chi connectivity index (χ4v) is 1.94. The van der Waals surface area contributed by atoms with E-state index in [2.05, 4.69) is 9.72 Å². The Hall–Kier alpha value is -2.08. The van der Waals surface area contributed by atoms with E-state index >= 15 is 0 Å². The van der Waals surface area contributed by atoms with Crippen LogP contribution in [0.5, 0.6) is 0 Å². The van der Waals surface area contributed by atoms with Crippen LogP contribution >= 0.6 is 0 Å². The van der Waals surface area contributed by atoms with Gasteiger partial charge in [-0.25, -0.2) is 9.78 Å². The van der Waals surface area contributed by atoms with Crippen molar-refractivity contribution in [3.8, 4) is 0 Å². The normalized spacial score (nSPS) is 11.8. The predicted octanol–water partition coefficient (Wildman–Crippen LogP) is 1.18. The van der Waals surface area contributed by atoms with Gasteiger partial charge < -0.3 is 20.1 Å². The number of carbonyl (C=O) groups excluding carboxylic acids is 1. The second-order valence-corrected chi connectivity index (χ2v) is 5.06. The lowest BCUT2D eigenvalue weighted by Crippen LogP contribution is -2.26. The van der Waals surface area contributed by atoms with Crippen LogP contribution in [0, 0.1) is 0 Å². The number of nitrogen functional groups attached to an aromatic ring is 1. The van der Waals surface area contributed by atoms with Crippen molar-refractivity contribution in [3.05, 3.63) is 23.8 Å². The van der Waals surface area contributed by atoms with E-state index in [4.69, 9.17) is 5.73 Å². The summed E-state index contributed by atoms with van der Waals surface area (Å²) in [7, 11) is 1.33. The highest BCUT2D eigenvalue weighted by molar-refractivity contribution is 5.94. The summed E-state index contributed by atoms with van der Waals surface area (Å²) < 4.78 is 6.37. The Morgan fingerprint density at radius 1 is 1.53 bits per heavy atom. The van der Waals surface area contributed by atoms with Crippen molar-refractivity contribution in [2.75, 3.05) is 12.8 Å². The molecule has 0 aliphatic carbocycles. The van der Waals surface area contributed by atoms with Crippen molar-refractivity contribution in [3.63, 3.8) is 0 Å². The van der Waals surface area contributed by atoms with Gasteiger partial charge in [0.2, 0.25) is 5.95 Å².